The van der Waals surface area contributed by atoms with E-state index in [-0.39, 0.29) is 0 Å². The Morgan fingerprint density at radius 1 is 0.794 bits per heavy atom. The summed E-state index contributed by atoms with van der Waals surface area (Å²) in [5.41, 5.74) is 17.1. The Labute approximate surface area is 196 Å². The Kier molecular flexibility index (Phi) is 5.26. The van der Waals surface area contributed by atoms with Crippen molar-refractivity contribution < 1.29 is 14.3 Å². The Bertz CT molecular complexity index is 1550. The van der Waals surface area contributed by atoms with Gasteiger partial charge in [-0.3, -0.25) is 9.59 Å². The van der Waals surface area contributed by atoms with Crippen LogP contribution in [0.25, 0.3) is 32.9 Å². The van der Waals surface area contributed by atoms with Gasteiger partial charge in [-0.25, -0.2) is 0 Å². The lowest BCUT2D eigenvalue weighted by Crippen LogP contribution is -2.11. The number of rotatable bonds is 6. The molecule has 0 aliphatic rings. The molecule has 5 rings (SSSR count). The first-order valence-corrected chi connectivity index (χ1v) is 10.8. The first-order valence-electron chi connectivity index (χ1n) is 10.8. The number of hydrogen-bond acceptors (Lipinski definition) is 3. The van der Waals surface area contributed by atoms with Crippen molar-refractivity contribution >= 4 is 33.6 Å². The maximum absolute atomic E-state index is 12.2. The normalized spacial score (nSPS) is 11.1. The van der Waals surface area contributed by atoms with Crippen LogP contribution in [0.3, 0.4) is 0 Å². The predicted molar refractivity (Wildman–Crippen MR) is 134 cm³/mol. The third-order valence-corrected chi connectivity index (χ3v) is 6.16. The van der Waals surface area contributed by atoms with Gasteiger partial charge in [0, 0.05) is 28.4 Å². The molecule has 0 aliphatic carbocycles. The van der Waals surface area contributed by atoms with Crippen LogP contribution in [0.4, 0.5) is 0 Å². The fourth-order valence-electron chi connectivity index (χ4n) is 4.44. The molecule has 0 radical (unpaired) electrons. The van der Waals surface area contributed by atoms with E-state index in [1.807, 2.05) is 60.7 Å². The highest BCUT2D eigenvalue weighted by molar-refractivity contribution is 6.18. The molecule has 6 heteroatoms. The van der Waals surface area contributed by atoms with Gasteiger partial charge in [0.05, 0.1) is 18.1 Å². The Hall–Kier alpha value is -4.58. The molecule has 34 heavy (non-hydrogen) atoms. The zero-order valence-corrected chi connectivity index (χ0v) is 18.6. The van der Waals surface area contributed by atoms with E-state index >= 15 is 0 Å². The monoisotopic (exact) mass is 449 g/mol. The topological polar surface area (TPSA) is 100 Å². The van der Waals surface area contributed by atoms with Crippen molar-refractivity contribution in [1.29, 1.82) is 0 Å². The lowest BCUT2D eigenvalue weighted by molar-refractivity contribution is 0.0992. The standard InChI is InChI=1S/C28H23N3O3/c1-34-21-12-9-18(10-13-21)20-11-14-22-25(15-20)31(16-17-5-7-19(8-6-17)27(29)32)24-4-2-3-23(26(22)24)28(30)33/h2-15H,16H2,1H3,(H2,29,32)(H2,30,33). The van der Waals surface area contributed by atoms with Crippen LogP contribution < -0.4 is 16.2 Å². The number of benzene rings is 4. The van der Waals surface area contributed by atoms with E-state index in [0.29, 0.717) is 17.7 Å². The quantitative estimate of drug-likeness (QED) is 0.392. The summed E-state index contributed by atoms with van der Waals surface area (Å²) < 4.78 is 7.45. The Morgan fingerprint density at radius 3 is 2.15 bits per heavy atom. The van der Waals surface area contributed by atoms with Crippen LogP contribution in [0.1, 0.15) is 26.3 Å². The van der Waals surface area contributed by atoms with Crippen molar-refractivity contribution in [1.82, 2.24) is 4.57 Å². The molecule has 0 atom stereocenters. The molecule has 168 valence electrons. The summed E-state index contributed by atoms with van der Waals surface area (Å²) in [4.78, 5) is 23.7. The number of carbonyl (C=O) groups is 2. The number of carbonyl (C=O) groups excluding carboxylic acids is 2. The zero-order valence-electron chi connectivity index (χ0n) is 18.6. The summed E-state index contributed by atoms with van der Waals surface area (Å²) >= 11 is 0. The van der Waals surface area contributed by atoms with E-state index in [0.717, 1.165) is 44.2 Å². The van der Waals surface area contributed by atoms with Crippen LogP contribution in [-0.2, 0) is 6.54 Å². The smallest absolute Gasteiger partial charge is 0.249 e. The van der Waals surface area contributed by atoms with Crippen LogP contribution in [0.15, 0.2) is 84.9 Å². The van der Waals surface area contributed by atoms with Crippen LogP contribution >= 0.6 is 0 Å². The van der Waals surface area contributed by atoms with E-state index in [2.05, 4.69) is 10.6 Å². The van der Waals surface area contributed by atoms with Crippen molar-refractivity contribution in [3.63, 3.8) is 0 Å². The number of aromatic nitrogens is 1. The SMILES string of the molecule is COc1ccc(-c2ccc3c4c(C(N)=O)cccc4n(Cc4ccc(C(N)=O)cc4)c3c2)cc1. The fraction of sp³-hybridized carbons (Fsp3) is 0.0714. The highest BCUT2D eigenvalue weighted by atomic mass is 16.5. The van der Waals surface area contributed by atoms with Gasteiger partial charge in [0.2, 0.25) is 11.8 Å². The van der Waals surface area contributed by atoms with Gasteiger partial charge in [-0.1, -0.05) is 42.5 Å². The Balaban J connectivity index is 1.72. The summed E-state index contributed by atoms with van der Waals surface area (Å²) in [5.74, 6) is -0.127. The van der Waals surface area contributed by atoms with E-state index in [1.165, 1.54) is 0 Å². The van der Waals surface area contributed by atoms with Crippen molar-refractivity contribution in [3.8, 4) is 16.9 Å². The number of primary amides is 2. The molecule has 0 unspecified atom stereocenters. The summed E-state index contributed by atoms with van der Waals surface area (Å²) in [7, 11) is 1.64. The summed E-state index contributed by atoms with van der Waals surface area (Å²) in [6, 6.07) is 26.9. The van der Waals surface area contributed by atoms with Crippen molar-refractivity contribution in [2.24, 2.45) is 11.5 Å². The lowest BCUT2D eigenvalue weighted by Gasteiger charge is -2.10. The minimum atomic E-state index is -0.463. The number of hydrogen-bond donors (Lipinski definition) is 2. The molecule has 0 aliphatic heterocycles. The highest BCUT2D eigenvalue weighted by Gasteiger charge is 2.17. The van der Waals surface area contributed by atoms with Gasteiger partial charge in [-0.05, 0) is 59.2 Å². The van der Waals surface area contributed by atoms with Gasteiger partial charge in [0.1, 0.15) is 5.75 Å². The second-order valence-corrected chi connectivity index (χ2v) is 8.17. The molecule has 2 amide bonds. The molecule has 4 N–H and O–H groups in total. The number of nitrogens with two attached hydrogens (primary N) is 2. The second kappa shape index (κ2) is 8.41. The molecule has 1 heterocycles. The van der Waals surface area contributed by atoms with Crippen molar-refractivity contribution in [3.05, 3.63) is 102 Å². The molecule has 0 spiro atoms. The molecule has 0 saturated heterocycles. The number of methoxy groups -OCH3 is 1. The van der Waals surface area contributed by atoms with Crippen molar-refractivity contribution in [2.45, 2.75) is 6.54 Å². The van der Waals surface area contributed by atoms with E-state index in [4.69, 9.17) is 16.2 Å². The molecular formula is C28H23N3O3. The summed E-state index contributed by atoms with van der Waals surface area (Å²) in [5, 5.41) is 1.79. The van der Waals surface area contributed by atoms with E-state index < -0.39 is 11.8 Å². The van der Waals surface area contributed by atoms with Crippen LogP contribution in [0, 0.1) is 0 Å². The number of fused-ring (bicyclic) bond motifs is 3. The zero-order chi connectivity index (χ0) is 23.8. The predicted octanol–water partition coefficient (Wildman–Crippen LogP) is 4.72. The molecule has 0 saturated carbocycles. The van der Waals surface area contributed by atoms with E-state index in [9.17, 15) is 9.59 Å². The van der Waals surface area contributed by atoms with Gasteiger partial charge in [0.15, 0.2) is 0 Å². The fourth-order valence-corrected chi connectivity index (χ4v) is 4.44. The first-order chi connectivity index (χ1) is 16.5. The third kappa shape index (κ3) is 3.65. The van der Waals surface area contributed by atoms with E-state index in [1.54, 1.807) is 25.3 Å². The van der Waals surface area contributed by atoms with Gasteiger partial charge in [-0.2, -0.15) is 0 Å². The Morgan fingerprint density at radius 2 is 1.50 bits per heavy atom. The minimum absolute atomic E-state index is 0.460. The maximum Gasteiger partial charge on any atom is 0.249 e. The first kappa shape index (κ1) is 21.3. The average molecular weight is 450 g/mol. The van der Waals surface area contributed by atoms with Gasteiger partial charge >= 0.3 is 0 Å². The molecule has 1 aromatic heterocycles. The highest BCUT2D eigenvalue weighted by Crippen LogP contribution is 2.35. The number of ether oxygens (including phenoxy) is 1. The number of nitrogens with zero attached hydrogens (tertiary/aromatic N) is 1. The van der Waals surface area contributed by atoms with Gasteiger partial charge in [0.25, 0.3) is 0 Å². The minimum Gasteiger partial charge on any atom is -0.497 e. The molecule has 0 bridgehead atoms. The van der Waals surface area contributed by atoms with Crippen molar-refractivity contribution in [2.75, 3.05) is 7.11 Å². The molecule has 4 aromatic carbocycles. The lowest BCUT2D eigenvalue weighted by atomic mass is 10.0. The molecule has 6 nitrogen and oxygen atoms in total. The summed E-state index contributed by atoms with van der Waals surface area (Å²) in [6.07, 6.45) is 0. The van der Waals surface area contributed by atoms with Crippen LogP contribution in [0.2, 0.25) is 0 Å². The number of amides is 2. The van der Waals surface area contributed by atoms with Crippen LogP contribution in [-0.4, -0.2) is 23.5 Å². The van der Waals surface area contributed by atoms with Gasteiger partial charge in [-0.15, -0.1) is 0 Å². The second-order valence-electron chi connectivity index (χ2n) is 8.17. The molecule has 5 aromatic rings. The van der Waals surface area contributed by atoms with Gasteiger partial charge < -0.3 is 20.8 Å². The molecule has 0 fully saturated rings. The maximum atomic E-state index is 12.2. The third-order valence-electron chi connectivity index (χ3n) is 6.16. The summed E-state index contributed by atoms with van der Waals surface area (Å²) in [6.45, 7) is 0.549. The largest absolute Gasteiger partial charge is 0.497 e. The van der Waals surface area contributed by atoms with Crippen LogP contribution in [0.5, 0.6) is 5.75 Å². The average Bonchev–Trinajstić information content (AvgIpc) is 3.17. The molecular weight excluding hydrogens is 426 g/mol.